The van der Waals surface area contributed by atoms with Crippen molar-refractivity contribution in [3.63, 3.8) is 0 Å². The zero-order valence-electron chi connectivity index (χ0n) is 33.3. The summed E-state index contributed by atoms with van der Waals surface area (Å²) >= 11 is 0. The topological polar surface area (TPSA) is 112 Å². The summed E-state index contributed by atoms with van der Waals surface area (Å²) in [4.78, 5) is 22.6. The number of aromatic nitrogens is 4. The lowest BCUT2D eigenvalue weighted by atomic mass is 9.76. The molecule has 1 aliphatic heterocycles. The zero-order chi connectivity index (χ0) is 40.8. The van der Waals surface area contributed by atoms with E-state index in [9.17, 15) is 10.1 Å². The molecule has 0 saturated heterocycles. The molecule has 2 heterocycles. The Morgan fingerprint density at radius 2 is 1.31 bits per heavy atom. The highest BCUT2D eigenvalue weighted by Crippen LogP contribution is 2.44. The molecule has 0 saturated carbocycles. The van der Waals surface area contributed by atoms with Gasteiger partial charge in [0.25, 0.3) is 5.69 Å². The summed E-state index contributed by atoms with van der Waals surface area (Å²) in [5.41, 5.74) is 9.44. The number of rotatable bonds is 14. The number of non-ortho nitro benzene ring substituents is 1. The van der Waals surface area contributed by atoms with Crippen LogP contribution in [0.2, 0.25) is 0 Å². The number of tetrazole rings is 1. The van der Waals surface area contributed by atoms with Crippen LogP contribution in [0, 0.1) is 10.1 Å². The molecule has 10 heteroatoms. The molecule has 294 valence electrons. The van der Waals surface area contributed by atoms with Gasteiger partial charge >= 0.3 is 0 Å². The third-order valence-electron chi connectivity index (χ3n) is 11.1. The third-order valence-corrected chi connectivity index (χ3v) is 11.1. The molecule has 0 fully saturated rings. The van der Waals surface area contributed by atoms with Gasteiger partial charge in [0.1, 0.15) is 11.7 Å². The van der Waals surface area contributed by atoms with Gasteiger partial charge < -0.3 is 0 Å². The van der Waals surface area contributed by atoms with E-state index in [1.54, 1.807) is 19.2 Å². The first-order chi connectivity index (χ1) is 28.9. The van der Waals surface area contributed by atoms with Gasteiger partial charge in [0.15, 0.2) is 5.82 Å². The Balaban J connectivity index is 1.38. The monoisotopic (exact) mass is 779 g/mol. The maximum atomic E-state index is 11.5. The molecule has 0 spiro atoms. The molecule has 6 aromatic carbocycles. The summed E-state index contributed by atoms with van der Waals surface area (Å²) in [6.45, 7) is 4.23. The van der Waals surface area contributed by atoms with Crippen LogP contribution in [0.3, 0.4) is 0 Å². The highest BCUT2D eigenvalue weighted by molar-refractivity contribution is 6.14. The molecular weight excluding hydrogens is 735 g/mol. The SMILES string of the molecule is CCCCC1N=C(c2ccc(-c3ccccc3)c(-c3nnnn3C(c3ccccc3)(c3ccccc3)c3ccccc3)c2)C(Cc2ccc([N+](=O)[O-])cc2)=C(C)N1OC. The van der Waals surface area contributed by atoms with Gasteiger partial charge in [0.05, 0.1) is 17.7 Å². The number of allylic oxidation sites excluding steroid dienone is 2. The van der Waals surface area contributed by atoms with Gasteiger partial charge in [-0.2, -0.15) is 0 Å². The minimum absolute atomic E-state index is 0.0478. The molecule has 0 N–H and O–H groups in total. The molecule has 7 aromatic rings. The van der Waals surface area contributed by atoms with E-state index in [0.29, 0.717) is 12.2 Å². The number of nitrogens with zero attached hydrogens (tertiary/aromatic N) is 7. The van der Waals surface area contributed by atoms with Crippen LogP contribution < -0.4 is 0 Å². The van der Waals surface area contributed by atoms with Crippen LogP contribution in [-0.4, -0.2) is 49.2 Å². The number of hydroxylamine groups is 2. The molecule has 0 amide bonds. The van der Waals surface area contributed by atoms with Crippen LogP contribution in [0.25, 0.3) is 22.5 Å². The molecular formula is C49H45N7O3. The minimum Gasteiger partial charge on any atom is -0.275 e. The smallest absolute Gasteiger partial charge is 0.269 e. The van der Waals surface area contributed by atoms with Crippen LogP contribution >= 0.6 is 0 Å². The Hall–Kier alpha value is -7.04. The average molecular weight is 780 g/mol. The van der Waals surface area contributed by atoms with Crippen molar-refractivity contribution in [3.05, 3.63) is 213 Å². The van der Waals surface area contributed by atoms with Crippen molar-refractivity contribution in [1.82, 2.24) is 25.3 Å². The van der Waals surface area contributed by atoms with Gasteiger partial charge in [0, 0.05) is 41.0 Å². The predicted octanol–water partition coefficient (Wildman–Crippen LogP) is 10.5. The number of hydrogen-bond donors (Lipinski definition) is 0. The number of nitro benzene ring substituents is 1. The van der Waals surface area contributed by atoms with E-state index in [1.807, 2.05) is 58.3 Å². The van der Waals surface area contributed by atoms with Gasteiger partial charge in [-0.1, -0.05) is 159 Å². The second-order valence-electron chi connectivity index (χ2n) is 14.6. The summed E-state index contributed by atoms with van der Waals surface area (Å²) in [6.07, 6.45) is 3.02. The van der Waals surface area contributed by atoms with Crippen LogP contribution in [0.15, 0.2) is 180 Å². The molecule has 8 rings (SSSR count). The lowest BCUT2D eigenvalue weighted by molar-refractivity contribution is -0.384. The predicted molar refractivity (Wildman–Crippen MR) is 231 cm³/mol. The Morgan fingerprint density at radius 1 is 0.729 bits per heavy atom. The fraction of sp³-hybridized carbons (Fsp3) is 0.184. The zero-order valence-corrected chi connectivity index (χ0v) is 33.3. The average Bonchev–Trinajstić information content (AvgIpc) is 3.78. The van der Waals surface area contributed by atoms with E-state index < -0.39 is 5.54 Å². The van der Waals surface area contributed by atoms with Crippen molar-refractivity contribution in [2.75, 3.05) is 7.11 Å². The molecule has 0 bridgehead atoms. The van der Waals surface area contributed by atoms with E-state index in [2.05, 4.69) is 122 Å². The fourth-order valence-corrected chi connectivity index (χ4v) is 8.27. The number of aliphatic imine (C=N–C) groups is 1. The molecule has 10 nitrogen and oxygen atoms in total. The van der Waals surface area contributed by atoms with Crippen molar-refractivity contribution < 1.29 is 9.76 Å². The van der Waals surface area contributed by atoms with Gasteiger partial charge in [0.2, 0.25) is 0 Å². The van der Waals surface area contributed by atoms with Crippen molar-refractivity contribution >= 4 is 11.4 Å². The van der Waals surface area contributed by atoms with Crippen LogP contribution in [-0.2, 0) is 16.8 Å². The van der Waals surface area contributed by atoms with Crippen molar-refractivity contribution in [2.24, 2.45) is 4.99 Å². The molecule has 0 radical (unpaired) electrons. The molecule has 1 atom stereocenters. The lowest BCUT2D eigenvalue weighted by Gasteiger charge is -2.37. The minimum atomic E-state index is -0.962. The highest BCUT2D eigenvalue weighted by atomic mass is 16.7. The maximum Gasteiger partial charge on any atom is 0.269 e. The van der Waals surface area contributed by atoms with Gasteiger partial charge in [-0.05, 0) is 69.6 Å². The summed E-state index contributed by atoms with van der Waals surface area (Å²) in [5.74, 6) is 0.581. The van der Waals surface area contributed by atoms with Crippen molar-refractivity contribution in [2.45, 2.75) is 51.2 Å². The first-order valence-electron chi connectivity index (χ1n) is 19.9. The van der Waals surface area contributed by atoms with Gasteiger partial charge in [-0.3, -0.25) is 19.9 Å². The van der Waals surface area contributed by atoms with E-state index in [4.69, 9.17) is 20.1 Å². The van der Waals surface area contributed by atoms with E-state index in [-0.39, 0.29) is 16.8 Å². The normalized spacial score (nSPS) is 14.3. The lowest BCUT2D eigenvalue weighted by Crippen LogP contribution is -2.39. The molecule has 59 heavy (non-hydrogen) atoms. The Morgan fingerprint density at radius 3 is 1.85 bits per heavy atom. The number of nitro groups is 1. The van der Waals surface area contributed by atoms with E-state index in [0.717, 1.165) is 80.8 Å². The first-order valence-corrected chi connectivity index (χ1v) is 19.9. The molecule has 1 aliphatic rings. The number of benzene rings is 6. The van der Waals surface area contributed by atoms with E-state index in [1.165, 1.54) is 0 Å². The second kappa shape index (κ2) is 17.2. The standard InChI is InChI=1S/C49H45N7O3/c1-4-5-26-46-50-47(44(35(2)54(46)59-3)33-36-27-30-42(31-28-36)56(57)58)38-29-32-43(37-18-10-6-11-19-37)45(34-38)48-51-52-53-55(48)49(39-20-12-7-13-21-39,40-22-14-8-15-23-40)41-24-16-9-17-25-41/h6-25,27-32,34,46H,4-5,26,33H2,1-3H3. The largest absolute Gasteiger partial charge is 0.275 e. The Kier molecular flexibility index (Phi) is 11.3. The first kappa shape index (κ1) is 38.8. The van der Waals surface area contributed by atoms with Crippen LogP contribution in [0.5, 0.6) is 0 Å². The van der Waals surface area contributed by atoms with Crippen LogP contribution in [0.1, 0.15) is 60.9 Å². The highest BCUT2D eigenvalue weighted by Gasteiger charge is 2.42. The summed E-state index contributed by atoms with van der Waals surface area (Å²) in [5, 5.41) is 27.6. The molecule has 1 unspecified atom stereocenters. The summed E-state index contributed by atoms with van der Waals surface area (Å²) in [6, 6.07) is 54.6. The van der Waals surface area contributed by atoms with Gasteiger partial charge in [-0.25, -0.2) is 9.75 Å². The summed E-state index contributed by atoms with van der Waals surface area (Å²) < 4.78 is 1.97. The van der Waals surface area contributed by atoms with E-state index >= 15 is 0 Å². The third kappa shape index (κ3) is 7.46. The molecule has 1 aromatic heterocycles. The number of unbranched alkanes of at least 4 members (excludes halogenated alkanes) is 1. The van der Waals surface area contributed by atoms with Crippen molar-refractivity contribution in [3.8, 4) is 22.5 Å². The van der Waals surface area contributed by atoms with Crippen LogP contribution in [0.4, 0.5) is 5.69 Å². The maximum absolute atomic E-state index is 11.5. The number of hydrogen-bond acceptors (Lipinski definition) is 8. The second-order valence-corrected chi connectivity index (χ2v) is 14.6. The summed E-state index contributed by atoms with van der Waals surface area (Å²) in [7, 11) is 1.68. The Bertz CT molecular complexity index is 2500. The quantitative estimate of drug-likeness (QED) is 0.0614. The van der Waals surface area contributed by atoms with Crippen molar-refractivity contribution in [1.29, 1.82) is 0 Å². The Labute approximate surface area is 344 Å². The van der Waals surface area contributed by atoms with Gasteiger partial charge in [-0.15, -0.1) is 5.10 Å². The molecule has 0 aliphatic carbocycles. The fourth-order valence-electron chi connectivity index (χ4n) is 8.27.